The predicted octanol–water partition coefficient (Wildman–Crippen LogP) is 3.30. The molecule has 1 atom stereocenters. The summed E-state index contributed by atoms with van der Waals surface area (Å²) in [6.07, 6.45) is 8.57. The molecule has 0 saturated heterocycles. The molecule has 1 saturated carbocycles. The Labute approximate surface area is 93.4 Å². The minimum absolute atomic E-state index is 0.742. The van der Waals surface area contributed by atoms with Gasteiger partial charge in [-0.15, -0.1) is 0 Å². The Morgan fingerprint density at radius 1 is 1.36 bits per heavy atom. The molecule has 1 aliphatic rings. The Kier molecular flexibility index (Phi) is 6.70. The van der Waals surface area contributed by atoms with Crippen LogP contribution in [0.1, 0.15) is 45.4 Å². The van der Waals surface area contributed by atoms with Crippen LogP contribution in [-0.4, -0.2) is 24.6 Å². The summed E-state index contributed by atoms with van der Waals surface area (Å²) >= 11 is 2.16. The number of hydrogen-bond acceptors (Lipinski definition) is 2. The second-order valence-corrected chi connectivity index (χ2v) is 5.54. The van der Waals surface area contributed by atoms with Crippen LogP contribution in [0.2, 0.25) is 0 Å². The van der Waals surface area contributed by atoms with Gasteiger partial charge in [-0.3, -0.25) is 0 Å². The topological polar surface area (TPSA) is 12.0 Å². The Bertz CT molecular complexity index is 132. The molecule has 84 valence electrons. The highest BCUT2D eigenvalue weighted by Crippen LogP contribution is 2.28. The number of nitrogens with one attached hydrogen (secondary N) is 1. The van der Waals surface area contributed by atoms with Crippen LogP contribution in [0.5, 0.6) is 0 Å². The van der Waals surface area contributed by atoms with Gasteiger partial charge >= 0.3 is 0 Å². The van der Waals surface area contributed by atoms with Crippen molar-refractivity contribution in [1.29, 1.82) is 0 Å². The first-order valence-corrected chi connectivity index (χ1v) is 7.27. The molecule has 0 aromatic heterocycles. The molecule has 0 aromatic carbocycles. The van der Waals surface area contributed by atoms with Crippen LogP contribution in [0.15, 0.2) is 0 Å². The molecule has 1 N–H and O–H groups in total. The van der Waals surface area contributed by atoms with E-state index in [1.807, 2.05) is 0 Å². The smallest absolute Gasteiger partial charge is 0.0155 e. The SMILES string of the molecule is CCCC(CSCC1CCCC1)NC. The van der Waals surface area contributed by atoms with Crippen LogP contribution >= 0.6 is 11.8 Å². The average Bonchev–Trinajstić information content (AvgIpc) is 2.69. The third-order valence-electron chi connectivity index (χ3n) is 3.19. The molecule has 0 amide bonds. The molecule has 0 spiro atoms. The molecule has 1 fully saturated rings. The summed E-state index contributed by atoms with van der Waals surface area (Å²) in [5.41, 5.74) is 0. The maximum absolute atomic E-state index is 3.41. The fourth-order valence-corrected chi connectivity index (χ4v) is 3.63. The van der Waals surface area contributed by atoms with Crippen molar-refractivity contribution in [2.24, 2.45) is 5.92 Å². The summed E-state index contributed by atoms with van der Waals surface area (Å²) in [7, 11) is 2.09. The molecule has 0 heterocycles. The van der Waals surface area contributed by atoms with E-state index in [9.17, 15) is 0 Å². The maximum Gasteiger partial charge on any atom is 0.0155 e. The second-order valence-electron chi connectivity index (χ2n) is 4.46. The van der Waals surface area contributed by atoms with Gasteiger partial charge in [0.25, 0.3) is 0 Å². The van der Waals surface area contributed by atoms with Gasteiger partial charge in [-0.2, -0.15) is 11.8 Å². The van der Waals surface area contributed by atoms with Crippen molar-refractivity contribution in [1.82, 2.24) is 5.32 Å². The van der Waals surface area contributed by atoms with Crippen LogP contribution in [0, 0.1) is 5.92 Å². The molecule has 0 aliphatic heterocycles. The van der Waals surface area contributed by atoms with E-state index in [-0.39, 0.29) is 0 Å². The van der Waals surface area contributed by atoms with Gasteiger partial charge in [-0.05, 0) is 38.0 Å². The lowest BCUT2D eigenvalue weighted by molar-refractivity contribution is 0.562. The molecular weight excluding hydrogens is 190 g/mol. The molecule has 0 radical (unpaired) electrons. The van der Waals surface area contributed by atoms with E-state index in [2.05, 4.69) is 31.1 Å². The number of rotatable bonds is 7. The first-order valence-electron chi connectivity index (χ1n) is 6.11. The minimum Gasteiger partial charge on any atom is -0.316 e. The van der Waals surface area contributed by atoms with E-state index in [1.165, 1.54) is 50.0 Å². The first kappa shape index (κ1) is 12.4. The summed E-state index contributed by atoms with van der Waals surface area (Å²) < 4.78 is 0. The number of hydrogen-bond donors (Lipinski definition) is 1. The minimum atomic E-state index is 0.742. The van der Waals surface area contributed by atoms with Gasteiger partial charge in [-0.1, -0.05) is 26.2 Å². The van der Waals surface area contributed by atoms with E-state index in [0.29, 0.717) is 0 Å². The van der Waals surface area contributed by atoms with Gasteiger partial charge in [0.2, 0.25) is 0 Å². The fourth-order valence-electron chi connectivity index (χ4n) is 2.21. The van der Waals surface area contributed by atoms with Crippen molar-refractivity contribution in [3.05, 3.63) is 0 Å². The molecule has 0 bridgehead atoms. The largest absolute Gasteiger partial charge is 0.316 e. The van der Waals surface area contributed by atoms with Gasteiger partial charge in [-0.25, -0.2) is 0 Å². The van der Waals surface area contributed by atoms with Gasteiger partial charge in [0.15, 0.2) is 0 Å². The molecule has 14 heavy (non-hydrogen) atoms. The van der Waals surface area contributed by atoms with E-state index in [4.69, 9.17) is 0 Å². The summed E-state index contributed by atoms with van der Waals surface area (Å²) in [6, 6.07) is 0.742. The summed E-state index contributed by atoms with van der Waals surface area (Å²) in [4.78, 5) is 0. The highest BCUT2D eigenvalue weighted by Gasteiger charge is 2.15. The van der Waals surface area contributed by atoms with Crippen LogP contribution in [0.25, 0.3) is 0 Å². The summed E-state index contributed by atoms with van der Waals surface area (Å²) in [6.45, 7) is 2.27. The molecule has 1 rings (SSSR count). The van der Waals surface area contributed by atoms with Gasteiger partial charge in [0, 0.05) is 11.8 Å². The molecule has 0 aromatic rings. The van der Waals surface area contributed by atoms with Crippen molar-refractivity contribution in [3.63, 3.8) is 0 Å². The lowest BCUT2D eigenvalue weighted by atomic mass is 10.1. The van der Waals surface area contributed by atoms with Crippen LogP contribution in [0.4, 0.5) is 0 Å². The van der Waals surface area contributed by atoms with Gasteiger partial charge < -0.3 is 5.32 Å². The quantitative estimate of drug-likeness (QED) is 0.699. The fraction of sp³-hybridized carbons (Fsp3) is 1.00. The predicted molar refractivity (Wildman–Crippen MR) is 67.0 cm³/mol. The van der Waals surface area contributed by atoms with E-state index < -0.39 is 0 Å². The molecule has 1 unspecified atom stereocenters. The maximum atomic E-state index is 3.41. The zero-order valence-corrected chi connectivity index (χ0v) is 10.5. The van der Waals surface area contributed by atoms with Gasteiger partial charge in [0.05, 0.1) is 0 Å². The monoisotopic (exact) mass is 215 g/mol. The van der Waals surface area contributed by atoms with E-state index >= 15 is 0 Å². The zero-order chi connectivity index (χ0) is 10.2. The van der Waals surface area contributed by atoms with Crippen molar-refractivity contribution in [2.75, 3.05) is 18.6 Å². The Balaban J connectivity index is 2.00. The third-order valence-corrected chi connectivity index (χ3v) is 4.54. The zero-order valence-electron chi connectivity index (χ0n) is 9.72. The molecule has 1 aliphatic carbocycles. The van der Waals surface area contributed by atoms with E-state index in [1.54, 1.807) is 0 Å². The van der Waals surface area contributed by atoms with Gasteiger partial charge in [0.1, 0.15) is 0 Å². The first-order chi connectivity index (χ1) is 6.86. The summed E-state index contributed by atoms with van der Waals surface area (Å²) in [5.74, 6) is 3.75. The standard InChI is InChI=1S/C12H25NS/c1-3-6-12(13-2)10-14-9-11-7-4-5-8-11/h11-13H,3-10H2,1-2H3. The molecule has 1 nitrogen and oxygen atoms in total. The summed E-state index contributed by atoms with van der Waals surface area (Å²) in [5, 5.41) is 3.41. The van der Waals surface area contributed by atoms with E-state index in [0.717, 1.165) is 12.0 Å². The highest BCUT2D eigenvalue weighted by molar-refractivity contribution is 7.99. The van der Waals surface area contributed by atoms with Crippen LogP contribution < -0.4 is 5.32 Å². The average molecular weight is 215 g/mol. The van der Waals surface area contributed by atoms with Crippen LogP contribution in [-0.2, 0) is 0 Å². The number of thioether (sulfide) groups is 1. The Morgan fingerprint density at radius 2 is 2.07 bits per heavy atom. The Hall–Kier alpha value is 0.310. The highest BCUT2D eigenvalue weighted by atomic mass is 32.2. The van der Waals surface area contributed by atoms with Crippen molar-refractivity contribution < 1.29 is 0 Å². The van der Waals surface area contributed by atoms with Crippen molar-refractivity contribution >= 4 is 11.8 Å². The van der Waals surface area contributed by atoms with Crippen molar-refractivity contribution in [2.45, 2.75) is 51.5 Å². The molecular formula is C12H25NS. The lowest BCUT2D eigenvalue weighted by Gasteiger charge is -2.16. The normalized spacial score (nSPS) is 20.1. The lowest BCUT2D eigenvalue weighted by Crippen LogP contribution is -2.27. The molecule has 2 heteroatoms. The Morgan fingerprint density at radius 3 is 2.64 bits per heavy atom. The third kappa shape index (κ3) is 4.70. The van der Waals surface area contributed by atoms with Crippen LogP contribution in [0.3, 0.4) is 0 Å². The second kappa shape index (κ2) is 7.58. The van der Waals surface area contributed by atoms with Crippen molar-refractivity contribution in [3.8, 4) is 0 Å².